The molecular weight excluding hydrogens is 248 g/mol. The Morgan fingerprint density at radius 2 is 2.16 bits per heavy atom. The van der Waals surface area contributed by atoms with Crippen LogP contribution in [0.5, 0.6) is 0 Å². The van der Waals surface area contributed by atoms with E-state index in [4.69, 9.17) is 5.11 Å². The summed E-state index contributed by atoms with van der Waals surface area (Å²) in [5, 5.41) is 22.2. The number of nitro benzene ring substituents is 1. The molecule has 0 fully saturated rings. The Bertz CT molecular complexity index is 474. The maximum Gasteiger partial charge on any atom is 0.270 e. The normalized spacial score (nSPS) is 11.9. The predicted molar refractivity (Wildman–Crippen MR) is 71.0 cm³/mol. The van der Waals surface area contributed by atoms with Crippen LogP contribution < -0.4 is 5.32 Å². The number of carbonyl (C=O) groups excluding carboxylic acids is 1. The highest BCUT2D eigenvalue weighted by atomic mass is 16.6. The van der Waals surface area contributed by atoms with Crippen LogP contribution in [0.15, 0.2) is 18.2 Å². The second-order valence-corrected chi connectivity index (χ2v) is 4.64. The first kappa shape index (κ1) is 15.1. The van der Waals surface area contributed by atoms with Gasteiger partial charge in [-0.05, 0) is 30.9 Å². The van der Waals surface area contributed by atoms with Crippen LogP contribution in [0.25, 0.3) is 0 Å². The van der Waals surface area contributed by atoms with Crippen molar-refractivity contribution in [3.05, 3.63) is 39.4 Å². The topological polar surface area (TPSA) is 92.5 Å². The molecule has 1 aromatic carbocycles. The molecule has 0 aliphatic carbocycles. The van der Waals surface area contributed by atoms with Gasteiger partial charge in [0.15, 0.2) is 0 Å². The number of nitro groups is 1. The summed E-state index contributed by atoms with van der Waals surface area (Å²) in [6, 6.07) is 4.29. The summed E-state index contributed by atoms with van der Waals surface area (Å²) in [5.74, 6) is -0.176. The number of nitrogens with one attached hydrogen (secondary N) is 1. The lowest BCUT2D eigenvalue weighted by Crippen LogP contribution is -2.28. The summed E-state index contributed by atoms with van der Waals surface area (Å²) < 4.78 is 0. The monoisotopic (exact) mass is 266 g/mol. The smallest absolute Gasteiger partial charge is 0.270 e. The Morgan fingerprint density at radius 1 is 1.47 bits per heavy atom. The van der Waals surface area contributed by atoms with Crippen LogP contribution in [0, 0.1) is 23.0 Å². The van der Waals surface area contributed by atoms with Gasteiger partial charge in [-0.25, -0.2) is 0 Å². The van der Waals surface area contributed by atoms with Crippen LogP contribution in [-0.4, -0.2) is 29.1 Å². The van der Waals surface area contributed by atoms with Crippen molar-refractivity contribution < 1.29 is 14.8 Å². The minimum absolute atomic E-state index is 0.0763. The molecule has 6 nitrogen and oxygen atoms in total. The van der Waals surface area contributed by atoms with Gasteiger partial charge in [-0.2, -0.15) is 0 Å². The largest absolute Gasteiger partial charge is 0.396 e. The predicted octanol–water partition coefficient (Wildman–Crippen LogP) is 1.65. The number of rotatable bonds is 6. The highest BCUT2D eigenvalue weighted by Gasteiger charge is 2.13. The van der Waals surface area contributed by atoms with E-state index in [1.54, 1.807) is 13.0 Å². The molecule has 0 saturated carbocycles. The van der Waals surface area contributed by atoms with Crippen molar-refractivity contribution in [1.29, 1.82) is 0 Å². The van der Waals surface area contributed by atoms with Crippen molar-refractivity contribution in [1.82, 2.24) is 5.32 Å². The zero-order chi connectivity index (χ0) is 14.4. The number of aliphatic hydroxyl groups excluding tert-OH is 1. The van der Waals surface area contributed by atoms with Crippen LogP contribution >= 0.6 is 0 Å². The number of hydrogen-bond donors (Lipinski definition) is 2. The Morgan fingerprint density at radius 3 is 2.74 bits per heavy atom. The highest BCUT2D eigenvalue weighted by molar-refractivity contribution is 5.95. The molecule has 1 aromatic rings. The van der Waals surface area contributed by atoms with Gasteiger partial charge in [0.05, 0.1) is 4.92 Å². The molecule has 0 radical (unpaired) electrons. The number of non-ortho nitro benzene ring substituents is 1. The molecule has 104 valence electrons. The molecule has 0 spiro atoms. The third-order valence-electron chi connectivity index (χ3n) is 2.77. The molecule has 1 atom stereocenters. The van der Waals surface area contributed by atoms with Crippen LogP contribution in [0.3, 0.4) is 0 Å². The first-order valence-corrected chi connectivity index (χ1v) is 6.09. The van der Waals surface area contributed by atoms with Gasteiger partial charge < -0.3 is 10.4 Å². The summed E-state index contributed by atoms with van der Waals surface area (Å²) in [5.41, 5.74) is 0.860. The molecule has 6 heteroatoms. The van der Waals surface area contributed by atoms with E-state index in [2.05, 4.69) is 5.32 Å². The Hall–Kier alpha value is -1.95. The van der Waals surface area contributed by atoms with Gasteiger partial charge in [0.2, 0.25) is 0 Å². The summed E-state index contributed by atoms with van der Waals surface area (Å²) in [6.45, 7) is 4.13. The van der Waals surface area contributed by atoms with Crippen LogP contribution in [0.1, 0.15) is 29.3 Å². The van der Waals surface area contributed by atoms with E-state index >= 15 is 0 Å². The Labute approximate surface area is 111 Å². The van der Waals surface area contributed by atoms with E-state index in [0.717, 1.165) is 0 Å². The number of aryl methyl sites for hydroxylation is 1. The van der Waals surface area contributed by atoms with Gasteiger partial charge in [-0.3, -0.25) is 14.9 Å². The van der Waals surface area contributed by atoms with Gasteiger partial charge in [-0.1, -0.05) is 6.92 Å². The average molecular weight is 266 g/mol. The highest BCUT2D eigenvalue weighted by Crippen LogP contribution is 2.16. The molecule has 0 saturated heterocycles. The third-order valence-corrected chi connectivity index (χ3v) is 2.77. The lowest BCUT2D eigenvalue weighted by Gasteiger charge is -2.11. The van der Waals surface area contributed by atoms with E-state index in [9.17, 15) is 14.9 Å². The first-order chi connectivity index (χ1) is 8.93. The molecule has 0 bridgehead atoms. The number of carbonyl (C=O) groups is 1. The van der Waals surface area contributed by atoms with Gasteiger partial charge in [0.25, 0.3) is 11.6 Å². The summed E-state index contributed by atoms with van der Waals surface area (Å²) in [7, 11) is 0. The van der Waals surface area contributed by atoms with Gasteiger partial charge >= 0.3 is 0 Å². The Kier molecular flexibility index (Phi) is 5.44. The minimum Gasteiger partial charge on any atom is -0.396 e. The lowest BCUT2D eigenvalue weighted by atomic mass is 10.1. The molecule has 1 unspecified atom stereocenters. The maximum atomic E-state index is 11.9. The molecule has 0 aromatic heterocycles. The number of hydrogen-bond acceptors (Lipinski definition) is 4. The van der Waals surface area contributed by atoms with Crippen molar-refractivity contribution in [2.24, 2.45) is 5.92 Å². The summed E-state index contributed by atoms with van der Waals surface area (Å²) >= 11 is 0. The molecule has 0 aliphatic rings. The van der Waals surface area contributed by atoms with Crippen molar-refractivity contribution in [2.75, 3.05) is 13.2 Å². The number of amides is 1. The fourth-order valence-electron chi connectivity index (χ4n) is 1.69. The fourth-order valence-corrected chi connectivity index (χ4v) is 1.69. The Balaban J connectivity index is 2.74. The van der Waals surface area contributed by atoms with Gasteiger partial charge in [-0.15, -0.1) is 0 Å². The SMILES string of the molecule is Cc1cc(C(=O)NCC(C)CCO)cc([N+](=O)[O-])c1. The summed E-state index contributed by atoms with van der Waals surface area (Å²) in [6.07, 6.45) is 0.605. The number of aliphatic hydroxyl groups is 1. The third kappa shape index (κ3) is 4.67. The average Bonchev–Trinajstić information content (AvgIpc) is 2.35. The number of benzene rings is 1. The van der Waals surface area contributed by atoms with Crippen LogP contribution in [0.2, 0.25) is 0 Å². The van der Waals surface area contributed by atoms with E-state index in [1.165, 1.54) is 12.1 Å². The van der Waals surface area contributed by atoms with Crippen LogP contribution in [-0.2, 0) is 0 Å². The van der Waals surface area contributed by atoms with Gasteiger partial charge in [0.1, 0.15) is 0 Å². The first-order valence-electron chi connectivity index (χ1n) is 6.09. The molecule has 1 amide bonds. The van der Waals surface area contributed by atoms with E-state index < -0.39 is 4.92 Å². The number of nitrogens with zero attached hydrogens (tertiary/aromatic N) is 1. The molecule has 0 heterocycles. The molecular formula is C13H18N2O4. The van der Waals surface area contributed by atoms with E-state index in [1.807, 2.05) is 6.92 Å². The van der Waals surface area contributed by atoms with Gasteiger partial charge in [0, 0.05) is 30.8 Å². The second-order valence-electron chi connectivity index (χ2n) is 4.64. The molecule has 1 rings (SSSR count). The molecule has 2 N–H and O–H groups in total. The minimum atomic E-state index is -0.516. The summed E-state index contributed by atoms with van der Waals surface area (Å²) in [4.78, 5) is 22.1. The lowest BCUT2D eigenvalue weighted by molar-refractivity contribution is -0.384. The van der Waals surface area contributed by atoms with E-state index in [-0.39, 0.29) is 29.7 Å². The standard InChI is InChI=1S/C13H18N2O4/c1-9(3-4-16)8-14-13(17)11-5-10(2)6-12(7-11)15(18)19/h5-7,9,16H,3-4,8H2,1-2H3,(H,14,17). The van der Waals surface area contributed by atoms with Crippen molar-refractivity contribution in [2.45, 2.75) is 20.3 Å². The van der Waals surface area contributed by atoms with Crippen LogP contribution in [0.4, 0.5) is 5.69 Å². The zero-order valence-corrected chi connectivity index (χ0v) is 11.0. The fraction of sp³-hybridized carbons (Fsp3) is 0.462. The molecule has 0 aliphatic heterocycles. The maximum absolute atomic E-state index is 11.9. The quantitative estimate of drug-likeness (QED) is 0.605. The second kappa shape index (κ2) is 6.84. The zero-order valence-electron chi connectivity index (χ0n) is 11.0. The van der Waals surface area contributed by atoms with E-state index in [0.29, 0.717) is 18.5 Å². The van der Waals surface area contributed by atoms with Crippen molar-refractivity contribution in [3.63, 3.8) is 0 Å². The van der Waals surface area contributed by atoms with Crippen molar-refractivity contribution >= 4 is 11.6 Å². The van der Waals surface area contributed by atoms with Crippen molar-refractivity contribution in [3.8, 4) is 0 Å². The molecule has 19 heavy (non-hydrogen) atoms.